The molecule has 0 spiro atoms. The van der Waals surface area contributed by atoms with Crippen LogP contribution in [0.5, 0.6) is 0 Å². The van der Waals surface area contributed by atoms with E-state index in [2.05, 4.69) is 177 Å². The molecule has 0 saturated heterocycles. The summed E-state index contributed by atoms with van der Waals surface area (Å²) < 4.78 is 40.0. The van der Waals surface area contributed by atoms with E-state index in [0.29, 0.717) is 5.69 Å². The number of rotatable bonds is 10. The van der Waals surface area contributed by atoms with E-state index in [0.717, 1.165) is 58.5 Å². The molecule has 0 aliphatic heterocycles. The largest absolute Gasteiger partial charge is 0.416 e. The molecule has 0 aliphatic rings. The van der Waals surface area contributed by atoms with Crippen LogP contribution in [0.4, 0.5) is 35.9 Å². The van der Waals surface area contributed by atoms with Gasteiger partial charge in [-0.1, -0.05) is 158 Å². The quantitative estimate of drug-likeness (QED) is 0.0996. The van der Waals surface area contributed by atoms with E-state index in [1.165, 1.54) is 72.0 Å². The fraction of sp³-hybridized carbons (Fsp3) is 0.0769. The lowest BCUT2D eigenvalue weighted by Gasteiger charge is -2.27. The molecular formula is C65H51F3N2. The molecular weight excluding hydrogens is 866 g/mol. The highest BCUT2D eigenvalue weighted by Crippen LogP contribution is 2.40. The number of alkyl halides is 3. The maximum atomic E-state index is 13.3. The second-order valence-electron chi connectivity index (χ2n) is 17.5. The van der Waals surface area contributed by atoms with E-state index >= 15 is 0 Å². The molecule has 70 heavy (non-hydrogen) atoms. The van der Waals surface area contributed by atoms with Crippen molar-refractivity contribution in [3.63, 3.8) is 0 Å². The van der Waals surface area contributed by atoms with Gasteiger partial charge in [0.15, 0.2) is 0 Å². The number of fused-ring (bicyclic) bond motifs is 5. The van der Waals surface area contributed by atoms with Crippen molar-refractivity contribution in [1.82, 2.24) is 0 Å². The average molecular weight is 917 g/mol. The topological polar surface area (TPSA) is 6.48 Å². The highest BCUT2D eigenvalue weighted by molar-refractivity contribution is 6.01. The summed E-state index contributed by atoms with van der Waals surface area (Å²) in [5.74, 6) is 0. The van der Waals surface area contributed by atoms with Crippen molar-refractivity contribution in [3.8, 4) is 0 Å². The molecule has 0 saturated carbocycles. The lowest BCUT2D eigenvalue weighted by atomic mass is 10.0. The second-order valence-corrected chi connectivity index (χ2v) is 17.5. The minimum Gasteiger partial charge on any atom is -0.372 e. The van der Waals surface area contributed by atoms with Gasteiger partial charge in [-0.15, -0.1) is 0 Å². The predicted octanol–water partition coefficient (Wildman–Crippen LogP) is 18.8. The van der Waals surface area contributed by atoms with Crippen LogP contribution in [0.3, 0.4) is 0 Å². The van der Waals surface area contributed by atoms with E-state index in [9.17, 15) is 13.2 Å². The Morgan fingerprint density at radius 2 is 0.714 bits per heavy atom. The molecule has 0 amide bonds. The summed E-state index contributed by atoms with van der Waals surface area (Å²) >= 11 is 0. The number of anilines is 4. The Bertz CT molecular complexity index is 3660. The Morgan fingerprint density at radius 1 is 0.343 bits per heavy atom. The molecule has 0 radical (unpaired) electrons. The number of halogens is 3. The van der Waals surface area contributed by atoms with Crippen molar-refractivity contribution in [2.24, 2.45) is 0 Å². The lowest BCUT2D eigenvalue weighted by Crippen LogP contribution is -2.21. The van der Waals surface area contributed by atoms with Gasteiger partial charge < -0.3 is 9.80 Å². The zero-order valence-corrected chi connectivity index (χ0v) is 39.1. The molecule has 0 bridgehead atoms. The Morgan fingerprint density at radius 3 is 1.19 bits per heavy atom. The number of benzene rings is 11. The van der Waals surface area contributed by atoms with Gasteiger partial charge in [0.1, 0.15) is 0 Å². The summed E-state index contributed by atoms with van der Waals surface area (Å²) in [6.45, 7) is 6.47. The maximum absolute atomic E-state index is 13.3. The van der Waals surface area contributed by atoms with E-state index in [1.807, 2.05) is 71.6 Å². The summed E-state index contributed by atoms with van der Waals surface area (Å²) in [4.78, 5) is 4.37. The molecule has 0 atom stereocenters. The minimum absolute atomic E-state index is 0.649. The molecule has 11 aromatic carbocycles. The average Bonchev–Trinajstić information content (AvgIpc) is 3.39. The van der Waals surface area contributed by atoms with E-state index < -0.39 is 11.7 Å². The van der Waals surface area contributed by atoms with Crippen molar-refractivity contribution in [3.05, 3.63) is 252 Å². The Labute approximate surface area is 407 Å². The molecule has 0 heterocycles. The van der Waals surface area contributed by atoms with E-state index in [1.54, 1.807) is 0 Å². The van der Waals surface area contributed by atoms with Gasteiger partial charge in [-0.25, -0.2) is 0 Å². The molecule has 342 valence electrons. The third-order valence-corrected chi connectivity index (χ3v) is 13.0. The molecule has 0 N–H and O–H groups in total. The first-order chi connectivity index (χ1) is 34.2. The Balaban J connectivity index is 0.000000180. The molecule has 2 nitrogen and oxygen atoms in total. The molecule has 0 fully saturated rings. The third kappa shape index (κ3) is 10.1. The molecule has 11 aromatic rings. The monoisotopic (exact) mass is 916 g/mol. The van der Waals surface area contributed by atoms with Crippen LogP contribution in [0, 0.1) is 0 Å². The summed E-state index contributed by atoms with van der Waals surface area (Å²) in [5.41, 5.74) is 7.59. The first-order valence-corrected chi connectivity index (χ1v) is 23.8. The maximum Gasteiger partial charge on any atom is 0.416 e. The van der Waals surface area contributed by atoms with Gasteiger partial charge in [-0.05, 0) is 176 Å². The van der Waals surface area contributed by atoms with Crippen LogP contribution in [-0.4, -0.2) is 13.1 Å². The third-order valence-electron chi connectivity index (χ3n) is 13.0. The molecule has 0 aliphatic carbocycles. The lowest BCUT2D eigenvalue weighted by molar-refractivity contribution is -0.137. The van der Waals surface area contributed by atoms with Gasteiger partial charge in [0.25, 0.3) is 0 Å². The number of hydrogen-bond acceptors (Lipinski definition) is 2. The van der Waals surface area contributed by atoms with Crippen LogP contribution >= 0.6 is 0 Å². The van der Waals surface area contributed by atoms with Crippen molar-refractivity contribution < 1.29 is 13.2 Å². The van der Waals surface area contributed by atoms with E-state index in [-0.39, 0.29) is 0 Å². The van der Waals surface area contributed by atoms with Crippen LogP contribution in [-0.2, 0) is 6.18 Å². The number of nitrogens with zero attached hydrogens (tertiary/aromatic N) is 2. The SMILES string of the molecule is CCN(CC)c1ccc(C=Cc2ccc3cc4ccccc4cc3c2)cc1.FC(F)(F)c1ccc(N(c2ccc(C=Cc3ccc4cc5ccccc5cc4c3)cc2)c2cccc3ccccc23)cc1. The Kier molecular flexibility index (Phi) is 13.0. The van der Waals surface area contributed by atoms with Crippen LogP contribution in [0.15, 0.2) is 224 Å². The fourth-order valence-corrected chi connectivity index (χ4v) is 9.26. The van der Waals surface area contributed by atoms with Crippen molar-refractivity contribution in [2.75, 3.05) is 22.9 Å². The molecule has 0 aromatic heterocycles. The Hall–Kier alpha value is -8.41. The van der Waals surface area contributed by atoms with Crippen LogP contribution in [0.25, 0.3) is 78.2 Å². The minimum atomic E-state index is -4.39. The van der Waals surface area contributed by atoms with Gasteiger partial charge in [-0.3, -0.25) is 0 Å². The van der Waals surface area contributed by atoms with Gasteiger partial charge >= 0.3 is 6.18 Å². The van der Waals surface area contributed by atoms with E-state index in [4.69, 9.17) is 0 Å². The zero-order chi connectivity index (χ0) is 48.0. The normalized spacial score (nSPS) is 11.8. The second kappa shape index (κ2) is 20.0. The van der Waals surface area contributed by atoms with Gasteiger partial charge in [0.2, 0.25) is 0 Å². The smallest absolute Gasteiger partial charge is 0.372 e. The van der Waals surface area contributed by atoms with Crippen molar-refractivity contribution >= 4 is 101 Å². The highest BCUT2D eigenvalue weighted by atomic mass is 19.4. The van der Waals surface area contributed by atoms with Crippen LogP contribution in [0.1, 0.15) is 41.7 Å². The van der Waals surface area contributed by atoms with Gasteiger partial charge in [-0.2, -0.15) is 13.2 Å². The summed E-state index contributed by atoms with van der Waals surface area (Å²) in [6.07, 6.45) is 4.17. The van der Waals surface area contributed by atoms with Crippen LogP contribution < -0.4 is 9.80 Å². The fourth-order valence-electron chi connectivity index (χ4n) is 9.26. The first-order valence-electron chi connectivity index (χ1n) is 23.8. The predicted molar refractivity (Wildman–Crippen MR) is 294 cm³/mol. The van der Waals surface area contributed by atoms with Gasteiger partial charge in [0.05, 0.1) is 11.3 Å². The highest BCUT2D eigenvalue weighted by Gasteiger charge is 2.30. The molecule has 5 heteroatoms. The standard InChI is InChI=1S/C39H26F3N.C26H25N/c40-39(41,42)34-18-22-36(23-19-34)43(38-11-5-9-29-6-3-4-10-37(29)38)35-20-15-27(16-21-35)12-13-28-14-17-32-25-30-7-1-2-8-31(30)26-33(32)24-28;1-3-27(4-2)26-15-12-20(13-16-26)9-10-21-11-14-24-18-22-7-5-6-8-23(22)19-25(24)17-21/h1-26H;5-19H,3-4H2,1-2H3. The molecule has 0 unspecified atom stereocenters. The molecule has 11 rings (SSSR count). The first kappa shape index (κ1) is 45.4. The summed E-state index contributed by atoms with van der Waals surface area (Å²) in [6, 6.07) is 75.3. The summed E-state index contributed by atoms with van der Waals surface area (Å²) in [5, 5.41) is 12.1. The zero-order valence-electron chi connectivity index (χ0n) is 39.1. The summed E-state index contributed by atoms with van der Waals surface area (Å²) in [7, 11) is 0. The van der Waals surface area contributed by atoms with Gasteiger partial charge in [0, 0.05) is 35.5 Å². The van der Waals surface area contributed by atoms with Crippen LogP contribution in [0.2, 0.25) is 0 Å². The van der Waals surface area contributed by atoms with Crippen molar-refractivity contribution in [1.29, 1.82) is 0 Å². The van der Waals surface area contributed by atoms with Crippen molar-refractivity contribution in [2.45, 2.75) is 20.0 Å². The number of hydrogen-bond donors (Lipinski definition) is 0.